The van der Waals surface area contributed by atoms with Crippen LogP contribution in [0, 0.1) is 11.8 Å². The van der Waals surface area contributed by atoms with Crippen molar-refractivity contribution < 1.29 is 0 Å². The summed E-state index contributed by atoms with van der Waals surface area (Å²) in [6.45, 7) is 0. The van der Waals surface area contributed by atoms with Crippen LogP contribution >= 0.6 is 0 Å². The first kappa shape index (κ1) is 13.3. The second-order valence-corrected chi connectivity index (χ2v) is 5.90. The van der Waals surface area contributed by atoms with Crippen molar-refractivity contribution in [2.45, 2.75) is 38.5 Å². The molecule has 104 valence electrons. The first-order valence-corrected chi connectivity index (χ1v) is 7.70. The van der Waals surface area contributed by atoms with Crippen LogP contribution in [-0.2, 0) is 12.8 Å². The molecule has 0 radical (unpaired) electrons. The number of nitrogens with zero attached hydrogens (tertiary/aromatic N) is 2. The molecule has 0 amide bonds. The maximum Gasteiger partial charge on any atom is 0.0406 e. The van der Waals surface area contributed by atoms with E-state index in [1.165, 1.54) is 36.9 Å². The van der Waals surface area contributed by atoms with Crippen molar-refractivity contribution in [3.05, 3.63) is 60.2 Å². The van der Waals surface area contributed by atoms with E-state index in [4.69, 9.17) is 0 Å². The van der Waals surface area contributed by atoms with Crippen LogP contribution in [0.25, 0.3) is 0 Å². The van der Waals surface area contributed by atoms with Crippen LogP contribution in [0.15, 0.2) is 48.9 Å². The van der Waals surface area contributed by atoms with Crippen molar-refractivity contribution in [2.75, 3.05) is 0 Å². The molecule has 0 N–H and O–H groups in total. The highest BCUT2D eigenvalue weighted by Gasteiger charge is 2.25. The fourth-order valence-electron chi connectivity index (χ4n) is 3.44. The SMILES string of the molecule is c1ccc(CC(Cc2cccnc2)C2CCCC2)nc1. The van der Waals surface area contributed by atoms with Gasteiger partial charge in [-0.05, 0) is 48.4 Å². The lowest BCUT2D eigenvalue weighted by atomic mass is 9.82. The molecule has 1 aliphatic rings. The van der Waals surface area contributed by atoms with Gasteiger partial charge in [0.2, 0.25) is 0 Å². The summed E-state index contributed by atoms with van der Waals surface area (Å²) in [5.41, 5.74) is 2.59. The third kappa shape index (κ3) is 3.44. The van der Waals surface area contributed by atoms with Crippen LogP contribution in [0.1, 0.15) is 36.9 Å². The highest BCUT2D eigenvalue weighted by Crippen LogP contribution is 2.34. The third-order valence-corrected chi connectivity index (χ3v) is 4.48. The molecule has 2 heteroatoms. The van der Waals surface area contributed by atoms with Crippen LogP contribution in [-0.4, -0.2) is 9.97 Å². The van der Waals surface area contributed by atoms with E-state index in [-0.39, 0.29) is 0 Å². The quantitative estimate of drug-likeness (QED) is 0.815. The highest BCUT2D eigenvalue weighted by atomic mass is 14.7. The lowest BCUT2D eigenvalue weighted by molar-refractivity contribution is 0.331. The van der Waals surface area contributed by atoms with E-state index < -0.39 is 0 Å². The summed E-state index contributed by atoms with van der Waals surface area (Å²) in [6.07, 6.45) is 13.6. The molecule has 2 aromatic heterocycles. The first-order chi connectivity index (χ1) is 9.92. The summed E-state index contributed by atoms with van der Waals surface area (Å²) in [4.78, 5) is 8.77. The smallest absolute Gasteiger partial charge is 0.0406 e. The van der Waals surface area contributed by atoms with E-state index in [1.54, 1.807) is 0 Å². The zero-order valence-electron chi connectivity index (χ0n) is 11.9. The number of hydrogen-bond acceptors (Lipinski definition) is 2. The van der Waals surface area contributed by atoms with Gasteiger partial charge >= 0.3 is 0 Å². The van der Waals surface area contributed by atoms with Crippen molar-refractivity contribution in [3.63, 3.8) is 0 Å². The molecule has 20 heavy (non-hydrogen) atoms. The molecular formula is C18H22N2. The molecule has 2 heterocycles. The Bertz CT molecular complexity index is 462. The largest absolute Gasteiger partial charge is 0.264 e. The van der Waals surface area contributed by atoms with E-state index in [0.717, 1.165) is 18.8 Å². The maximum absolute atomic E-state index is 4.52. The zero-order chi connectivity index (χ0) is 13.6. The molecule has 0 bridgehead atoms. The summed E-state index contributed by atoms with van der Waals surface area (Å²) in [7, 11) is 0. The topological polar surface area (TPSA) is 25.8 Å². The summed E-state index contributed by atoms with van der Waals surface area (Å²) in [5, 5.41) is 0. The van der Waals surface area contributed by atoms with Crippen molar-refractivity contribution in [2.24, 2.45) is 11.8 Å². The molecule has 3 rings (SSSR count). The number of pyridine rings is 2. The predicted octanol–water partition coefficient (Wildman–Crippen LogP) is 4.07. The van der Waals surface area contributed by atoms with Gasteiger partial charge in [-0.25, -0.2) is 0 Å². The molecule has 1 fully saturated rings. The van der Waals surface area contributed by atoms with Crippen molar-refractivity contribution in [3.8, 4) is 0 Å². The monoisotopic (exact) mass is 266 g/mol. The van der Waals surface area contributed by atoms with Crippen LogP contribution in [0.5, 0.6) is 0 Å². The molecule has 2 nitrogen and oxygen atoms in total. The Morgan fingerprint density at radius 3 is 2.60 bits per heavy atom. The Kier molecular flexibility index (Phi) is 4.42. The molecule has 0 aromatic carbocycles. The van der Waals surface area contributed by atoms with E-state index in [1.807, 2.05) is 30.7 Å². The predicted molar refractivity (Wildman–Crippen MR) is 81.3 cm³/mol. The van der Waals surface area contributed by atoms with Gasteiger partial charge in [-0.15, -0.1) is 0 Å². The Morgan fingerprint density at radius 2 is 1.90 bits per heavy atom. The van der Waals surface area contributed by atoms with E-state index in [9.17, 15) is 0 Å². The molecule has 0 saturated heterocycles. The minimum absolute atomic E-state index is 0.705. The normalized spacial score (nSPS) is 17.2. The number of hydrogen-bond donors (Lipinski definition) is 0. The van der Waals surface area contributed by atoms with E-state index >= 15 is 0 Å². The van der Waals surface area contributed by atoms with Gasteiger partial charge in [0.15, 0.2) is 0 Å². The molecule has 1 aliphatic carbocycles. The second-order valence-electron chi connectivity index (χ2n) is 5.90. The molecule has 1 atom stereocenters. The average molecular weight is 266 g/mol. The fourth-order valence-corrected chi connectivity index (χ4v) is 3.44. The average Bonchev–Trinajstić information content (AvgIpc) is 3.03. The Hall–Kier alpha value is -1.70. The van der Waals surface area contributed by atoms with Gasteiger partial charge in [-0.2, -0.15) is 0 Å². The lowest BCUT2D eigenvalue weighted by Crippen LogP contribution is -2.18. The van der Waals surface area contributed by atoms with Gasteiger partial charge in [0.05, 0.1) is 0 Å². The van der Waals surface area contributed by atoms with E-state index in [2.05, 4.69) is 28.2 Å². The van der Waals surface area contributed by atoms with E-state index in [0.29, 0.717) is 5.92 Å². The van der Waals surface area contributed by atoms with Crippen LogP contribution in [0.3, 0.4) is 0 Å². The Labute approximate surface area is 121 Å². The lowest BCUT2D eigenvalue weighted by Gasteiger charge is -2.23. The van der Waals surface area contributed by atoms with Crippen molar-refractivity contribution >= 4 is 0 Å². The van der Waals surface area contributed by atoms with Gasteiger partial charge in [-0.1, -0.05) is 37.8 Å². The summed E-state index contributed by atoms with van der Waals surface area (Å²) >= 11 is 0. The van der Waals surface area contributed by atoms with Gasteiger partial charge in [0, 0.05) is 24.3 Å². The summed E-state index contributed by atoms with van der Waals surface area (Å²) < 4.78 is 0. The molecule has 1 saturated carbocycles. The van der Waals surface area contributed by atoms with Crippen LogP contribution in [0.2, 0.25) is 0 Å². The highest BCUT2D eigenvalue weighted by molar-refractivity contribution is 5.12. The molecule has 1 unspecified atom stereocenters. The fraction of sp³-hybridized carbons (Fsp3) is 0.444. The van der Waals surface area contributed by atoms with Gasteiger partial charge < -0.3 is 0 Å². The molecular weight excluding hydrogens is 244 g/mol. The standard InChI is InChI=1S/C18H22N2/c1-2-8-16(7-1)17(12-15-6-5-10-19-14-15)13-18-9-3-4-11-20-18/h3-6,9-11,14,16-17H,1-2,7-8,12-13H2. The molecule has 2 aromatic rings. The first-order valence-electron chi connectivity index (χ1n) is 7.70. The van der Waals surface area contributed by atoms with Crippen molar-refractivity contribution in [1.29, 1.82) is 0 Å². The van der Waals surface area contributed by atoms with Gasteiger partial charge in [-0.3, -0.25) is 9.97 Å². The zero-order valence-corrected chi connectivity index (χ0v) is 11.9. The maximum atomic E-state index is 4.52. The number of aromatic nitrogens is 2. The number of rotatable bonds is 5. The molecule has 0 spiro atoms. The summed E-state index contributed by atoms with van der Waals surface area (Å²) in [6, 6.07) is 10.5. The van der Waals surface area contributed by atoms with Crippen LogP contribution in [0.4, 0.5) is 0 Å². The minimum Gasteiger partial charge on any atom is -0.264 e. The Morgan fingerprint density at radius 1 is 1.00 bits per heavy atom. The Balaban J connectivity index is 1.73. The third-order valence-electron chi connectivity index (χ3n) is 4.48. The van der Waals surface area contributed by atoms with Crippen molar-refractivity contribution in [1.82, 2.24) is 9.97 Å². The molecule has 0 aliphatic heterocycles. The van der Waals surface area contributed by atoms with Crippen LogP contribution < -0.4 is 0 Å². The minimum atomic E-state index is 0.705. The second kappa shape index (κ2) is 6.65. The summed E-state index contributed by atoms with van der Waals surface area (Å²) in [5.74, 6) is 1.56. The van der Waals surface area contributed by atoms with Gasteiger partial charge in [0.25, 0.3) is 0 Å². The van der Waals surface area contributed by atoms with Gasteiger partial charge in [0.1, 0.15) is 0 Å².